The van der Waals surface area contributed by atoms with Crippen LogP contribution < -0.4 is 0 Å². The minimum atomic E-state index is -1.27. The number of carbonyl (C=O) groups is 2. The minimum absolute atomic E-state index is 0.334. The Kier molecular flexibility index (Phi) is 4.83. The maximum Gasteiger partial charge on any atom is 0.303 e. The number of carbonyl (C=O) groups excluding carboxylic acids is 2. The van der Waals surface area contributed by atoms with E-state index in [-0.39, 0.29) is 12.0 Å². The molecule has 0 unspecified atom stereocenters. The highest BCUT2D eigenvalue weighted by atomic mass is 16.6. The van der Waals surface area contributed by atoms with Crippen LogP contribution in [0.5, 0.6) is 0 Å². The smallest absolute Gasteiger partial charge is 0.303 e. The highest BCUT2D eigenvalue weighted by Gasteiger charge is 2.65. The summed E-state index contributed by atoms with van der Waals surface area (Å²) in [6.07, 6.45) is 4.45. The van der Waals surface area contributed by atoms with Gasteiger partial charge in [0.2, 0.25) is 0 Å². The Bertz CT molecular complexity index is 560. The molecule has 5 nitrogen and oxygen atoms in total. The van der Waals surface area contributed by atoms with Crippen LogP contribution in [0.4, 0.5) is 0 Å². The molecule has 0 radical (unpaired) electrons. The lowest BCUT2D eigenvalue weighted by atomic mass is 9.48. The monoisotopic (exact) mass is 322 g/mol. The number of aldehydes is 1. The van der Waals surface area contributed by atoms with E-state index in [0.717, 1.165) is 11.9 Å². The van der Waals surface area contributed by atoms with Gasteiger partial charge >= 0.3 is 5.97 Å². The molecule has 4 atom stereocenters. The molecule has 0 bridgehead atoms. The second-order valence-electron chi connectivity index (χ2n) is 7.27. The molecule has 0 aliphatic heterocycles. The summed E-state index contributed by atoms with van der Waals surface area (Å²) in [4.78, 5) is 23.1. The van der Waals surface area contributed by atoms with E-state index in [1.165, 1.54) is 6.92 Å². The molecule has 1 fully saturated rings. The number of hydrogen-bond donors (Lipinski definition) is 1. The van der Waals surface area contributed by atoms with E-state index in [1.54, 1.807) is 13.2 Å². The zero-order chi connectivity index (χ0) is 17.4. The standard InChI is InChI=1S/C18H26O5/c1-11-6-14(22-5)8-13(10-19)15-9-17(3,4)18(15,21)16(7-11)23-12(2)20/h6,8,10,14-16,21H,7,9H2,1-5H3/b11-6+,13-8?/t14-,15-,16+,18-/m1/s1. The van der Waals surface area contributed by atoms with Gasteiger partial charge in [-0.1, -0.05) is 25.5 Å². The van der Waals surface area contributed by atoms with Crippen molar-refractivity contribution in [2.45, 2.75) is 58.3 Å². The normalized spacial score (nSPS) is 38.4. The molecule has 0 amide bonds. The molecule has 1 saturated carbocycles. The van der Waals surface area contributed by atoms with Crippen LogP contribution in [0.2, 0.25) is 0 Å². The average molecular weight is 322 g/mol. The van der Waals surface area contributed by atoms with E-state index in [0.29, 0.717) is 18.4 Å². The van der Waals surface area contributed by atoms with Gasteiger partial charge in [-0.2, -0.15) is 0 Å². The van der Waals surface area contributed by atoms with Crippen molar-refractivity contribution in [2.75, 3.05) is 7.11 Å². The molecule has 23 heavy (non-hydrogen) atoms. The molecule has 0 aromatic carbocycles. The Morgan fingerprint density at radius 1 is 1.39 bits per heavy atom. The number of fused-ring (bicyclic) bond motifs is 1. The minimum Gasteiger partial charge on any atom is -0.459 e. The van der Waals surface area contributed by atoms with Gasteiger partial charge in [0, 0.05) is 26.4 Å². The number of rotatable bonds is 3. The lowest BCUT2D eigenvalue weighted by Gasteiger charge is -2.61. The molecule has 0 aromatic heterocycles. The maximum absolute atomic E-state index is 11.6. The van der Waals surface area contributed by atoms with E-state index in [1.807, 2.05) is 26.8 Å². The Morgan fingerprint density at radius 3 is 2.52 bits per heavy atom. The van der Waals surface area contributed by atoms with Gasteiger partial charge in [-0.05, 0) is 30.4 Å². The van der Waals surface area contributed by atoms with Crippen LogP contribution in [-0.4, -0.2) is 42.3 Å². The van der Waals surface area contributed by atoms with Crippen LogP contribution in [0, 0.1) is 11.3 Å². The molecule has 128 valence electrons. The summed E-state index contributed by atoms with van der Waals surface area (Å²) in [5, 5.41) is 11.4. The molecule has 2 aliphatic carbocycles. The fourth-order valence-electron chi connectivity index (χ4n) is 3.94. The number of ether oxygens (including phenoxy) is 2. The van der Waals surface area contributed by atoms with Gasteiger partial charge in [-0.3, -0.25) is 9.59 Å². The molecular formula is C18H26O5. The first-order valence-corrected chi connectivity index (χ1v) is 7.92. The van der Waals surface area contributed by atoms with Crippen molar-refractivity contribution in [1.29, 1.82) is 0 Å². The van der Waals surface area contributed by atoms with Crippen LogP contribution in [0.1, 0.15) is 40.5 Å². The summed E-state index contributed by atoms with van der Waals surface area (Å²) >= 11 is 0. The van der Waals surface area contributed by atoms with Gasteiger partial charge in [0.25, 0.3) is 0 Å². The molecule has 2 aliphatic rings. The van der Waals surface area contributed by atoms with Crippen LogP contribution >= 0.6 is 0 Å². The molecule has 0 aromatic rings. The quantitative estimate of drug-likeness (QED) is 0.490. The third-order valence-corrected chi connectivity index (χ3v) is 5.25. The van der Waals surface area contributed by atoms with E-state index >= 15 is 0 Å². The summed E-state index contributed by atoms with van der Waals surface area (Å²) in [6.45, 7) is 7.12. The predicted octanol–water partition coefficient (Wildman–Crippen LogP) is 2.19. The molecular weight excluding hydrogens is 296 g/mol. The van der Waals surface area contributed by atoms with E-state index in [2.05, 4.69) is 0 Å². The highest BCUT2D eigenvalue weighted by molar-refractivity contribution is 5.76. The van der Waals surface area contributed by atoms with Gasteiger partial charge in [-0.25, -0.2) is 0 Å². The fraction of sp³-hybridized carbons (Fsp3) is 0.667. The van der Waals surface area contributed by atoms with E-state index in [9.17, 15) is 14.7 Å². The summed E-state index contributed by atoms with van der Waals surface area (Å²) < 4.78 is 10.9. The number of esters is 1. The maximum atomic E-state index is 11.6. The van der Waals surface area contributed by atoms with Crippen molar-refractivity contribution < 1.29 is 24.2 Å². The number of methoxy groups -OCH3 is 1. The highest BCUT2D eigenvalue weighted by Crippen LogP contribution is 2.59. The first-order chi connectivity index (χ1) is 10.7. The molecule has 5 heteroatoms. The van der Waals surface area contributed by atoms with E-state index < -0.39 is 23.1 Å². The Labute approximate surface area is 137 Å². The summed E-state index contributed by atoms with van der Waals surface area (Å²) in [6, 6.07) is 0. The molecule has 0 saturated heterocycles. The zero-order valence-electron chi connectivity index (χ0n) is 14.5. The topological polar surface area (TPSA) is 72.8 Å². The molecule has 1 N–H and O–H groups in total. The third-order valence-electron chi connectivity index (χ3n) is 5.25. The SMILES string of the molecule is CO[C@H]1C=C(C=O)[C@H]2CC(C)(C)[C@]2(O)[C@@H](OC(C)=O)C/C(C)=C/1. The second-order valence-corrected chi connectivity index (χ2v) is 7.27. The van der Waals surface area contributed by atoms with E-state index in [4.69, 9.17) is 9.47 Å². The number of hydrogen-bond acceptors (Lipinski definition) is 5. The van der Waals surface area contributed by atoms with Gasteiger partial charge in [0.15, 0.2) is 0 Å². The molecule has 2 rings (SSSR count). The predicted molar refractivity (Wildman–Crippen MR) is 85.7 cm³/mol. The Balaban J connectivity index is 2.55. The first kappa shape index (κ1) is 17.9. The fourth-order valence-corrected chi connectivity index (χ4v) is 3.94. The Hall–Kier alpha value is -1.46. The third kappa shape index (κ3) is 3.00. The van der Waals surface area contributed by atoms with Crippen molar-refractivity contribution in [2.24, 2.45) is 11.3 Å². The molecule has 0 heterocycles. The van der Waals surface area contributed by atoms with Gasteiger partial charge < -0.3 is 14.6 Å². The summed E-state index contributed by atoms with van der Waals surface area (Å²) in [5.74, 6) is -0.798. The van der Waals surface area contributed by atoms with Gasteiger partial charge in [0.1, 0.15) is 18.0 Å². The molecule has 0 spiro atoms. The average Bonchev–Trinajstić information content (AvgIpc) is 2.49. The number of aliphatic hydroxyl groups is 1. The van der Waals surface area contributed by atoms with Crippen LogP contribution in [-0.2, 0) is 19.1 Å². The van der Waals surface area contributed by atoms with Crippen LogP contribution in [0.3, 0.4) is 0 Å². The van der Waals surface area contributed by atoms with Crippen molar-refractivity contribution in [3.63, 3.8) is 0 Å². The first-order valence-electron chi connectivity index (χ1n) is 7.92. The largest absolute Gasteiger partial charge is 0.459 e. The van der Waals surface area contributed by atoms with Crippen molar-refractivity contribution in [1.82, 2.24) is 0 Å². The van der Waals surface area contributed by atoms with Crippen molar-refractivity contribution in [3.8, 4) is 0 Å². The second kappa shape index (κ2) is 6.21. The van der Waals surface area contributed by atoms with Gasteiger partial charge in [-0.15, -0.1) is 0 Å². The Morgan fingerprint density at radius 2 is 2.04 bits per heavy atom. The van der Waals surface area contributed by atoms with Crippen LogP contribution in [0.25, 0.3) is 0 Å². The lowest BCUT2D eigenvalue weighted by Crippen LogP contribution is -2.69. The van der Waals surface area contributed by atoms with Crippen LogP contribution in [0.15, 0.2) is 23.3 Å². The van der Waals surface area contributed by atoms with Crippen molar-refractivity contribution >= 4 is 12.3 Å². The zero-order valence-corrected chi connectivity index (χ0v) is 14.5. The summed E-state index contributed by atoms with van der Waals surface area (Å²) in [7, 11) is 1.58. The van der Waals surface area contributed by atoms with Gasteiger partial charge in [0.05, 0.1) is 6.10 Å². The lowest BCUT2D eigenvalue weighted by molar-refractivity contribution is -0.248. The summed E-state index contributed by atoms with van der Waals surface area (Å²) in [5.41, 5.74) is -0.279. The van der Waals surface area contributed by atoms with Crippen molar-refractivity contribution in [3.05, 3.63) is 23.3 Å².